The van der Waals surface area contributed by atoms with E-state index in [1.807, 2.05) is 30.3 Å². The first kappa shape index (κ1) is 35.7. The summed E-state index contributed by atoms with van der Waals surface area (Å²) in [7, 11) is 0. The standard InChI is InChI=1S/C33H39ClO11/c1-6-23-7-9-24(10-8-23)15-26-16-27(25(17-28(26)34)11-13-40-14-12-35)30-32(43-21(4)38)33(44-22(5)39)31(42-20(3)37)29(45-30)18-41-19(2)36/h7-10,12,16-17,29-33H,6,11,13-15,18H2,1-5H3/t29-,30+,31-,32+,33+/m1/s1. The molecule has 1 heterocycles. The number of carbonyl (C=O) groups excluding carboxylic acids is 5. The zero-order chi connectivity index (χ0) is 33.1. The molecule has 12 heteroatoms. The van der Waals surface area contributed by atoms with Crippen LogP contribution in [0.3, 0.4) is 0 Å². The SMILES string of the molecule is CCc1ccc(Cc2cc([C@@H]3O[C@H](COC(C)=O)[C@@H](OC(C)=O)[C@H](OC(C)=O)[C@H]3OC(C)=O)c(CCOCC=O)cc2Cl)cc1. The van der Waals surface area contributed by atoms with Gasteiger partial charge < -0.3 is 33.2 Å². The van der Waals surface area contributed by atoms with Gasteiger partial charge in [0.05, 0.1) is 6.61 Å². The van der Waals surface area contributed by atoms with Crippen LogP contribution in [0.15, 0.2) is 36.4 Å². The van der Waals surface area contributed by atoms with Gasteiger partial charge in [-0.05, 0) is 53.1 Å². The average molecular weight is 647 g/mol. The number of rotatable bonds is 14. The highest BCUT2D eigenvalue weighted by Crippen LogP contribution is 2.40. The summed E-state index contributed by atoms with van der Waals surface area (Å²) >= 11 is 6.79. The van der Waals surface area contributed by atoms with Crippen LogP contribution in [0.25, 0.3) is 0 Å². The van der Waals surface area contributed by atoms with Gasteiger partial charge in [0.25, 0.3) is 0 Å². The number of aryl methyl sites for hydroxylation is 1. The minimum absolute atomic E-state index is 0.103. The number of ether oxygens (including phenoxy) is 6. The second-order valence-corrected chi connectivity index (χ2v) is 11.0. The number of halogens is 1. The Hall–Kier alpha value is -3.80. The maximum Gasteiger partial charge on any atom is 0.303 e. The van der Waals surface area contributed by atoms with Gasteiger partial charge in [0.2, 0.25) is 0 Å². The zero-order valence-corrected chi connectivity index (χ0v) is 26.8. The quantitative estimate of drug-likeness (QED) is 0.127. The first-order valence-corrected chi connectivity index (χ1v) is 15.0. The summed E-state index contributed by atoms with van der Waals surface area (Å²) in [5.74, 6) is -2.76. The van der Waals surface area contributed by atoms with Crippen LogP contribution in [0, 0.1) is 0 Å². The van der Waals surface area contributed by atoms with E-state index in [4.69, 9.17) is 40.0 Å². The van der Waals surface area contributed by atoms with Gasteiger partial charge in [-0.15, -0.1) is 0 Å². The van der Waals surface area contributed by atoms with Crippen molar-refractivity contribution in [3.05, 3.63) is 69.2 Å². The molecule has 0 amide bonds. The van der Waals surface area contributed by atoms with Crippen molar-refractivity contribution >= 4 is 41.8 Å². The van der Waals surface area contributed by atoms with Crippen LogP contribution in [-0.4, -0.2) is 74.4 Å². The molecule has 1 aliphatic heterocycles. The maximum absolute atomic E-state index is 12.4. The Labute approximate surface area is 267 Å². The summed E-state index contributed by atoms with van der Waals surface area (Å²) < 4.78 is 33.9. The smallest absolute Gasteiger partial charge is 0.303 e. The highest BCUT2D eigenvalue weighted by molar-refractivity contribution is 6.31. The lowest BCUT2D eigenvalue weighted by Gasteiger charge is -2.45. The Bertz CT molecular complexity index is 1360. The van der Waals surface area contributed by atoms with Gasteiger partial charge in [-0.1, -0.05) is 48.9 Å². The molecule has 0 aromatic heterocycles. The summed E-state index contributed by atoms with van der Waals surface area (Å²) in [5, 5.41) is 0.467. The van der Waals surface area contributed by atoms with Crippen molar-refractivity contribution in [2.24, 2.45) is 0 Å². The van der Waals surface area contributed by atoms with Crippen molar-refractivity contribution in [2.45, 2.75) is 84.4 Å². The summed E-state index contributed by atoms with van der Waals surface area (Å²) in [6.07, 6.45) is -3.80. The van der Waals surface area contributed by atoms with Gasteiger partial charge in [0.15, 0.2) is 18.3 Å². The van der Waals surface area contributed by atoms with E-state index in [-0.39, 0.29) is 19.8 Å². The molecule has 1 aliphatic rings. The Morgan fingerprint density at radius 3 is 2.00 bits per heavy atom. The normalized spacial score (nSPS) is 21.0. The van der Waals surface area contributed by atoms with Crippen molar-refractivity contribution in [3.8, 4) is 0 Å². The first-order valence-electron chi connectivity index (χ1n) is 14.6. The van der Waals surface area contributed by atoms with E-state index >= 15 is 0 Å². The Balaban J connectivity index is 2.18. The summed E-state index contributed by atoms with van der Waals surface area (Å²) in [6, 6.07) is 11.7. The van der Waals surface area contributed by atoms with Crippen molar-refractivity contribution in [1.29, 1.82) is 0 Å². The second kappa shape index (κ2) is 17.0. The van der Waals surface area contributed by atoms with E-state index in [0.29, 0.717) is 35.3 Å². The lowest BCUT2D eigenvalue weighted by molar-refractivity contribution is -0.254. The molecule has 0 radical (unpaired) electrons. The molecule has 2 aromatic rings. The first-order chi connectivity index (χ1) is 21.4. The molecular weight excluding hydrogens is 608 g/mol. The molecule has 3 rings (SSSR count). The molecule has 0 spiro atoms. The fourth-order valence-corrected chi connectivity index (χ4v) is 5.45. The van der Waals surface area contributed by atoms with E-state index in [1.54, 1.807) is 6.07 Å². The lowest BCUT2D eigenvalue weighted by atomic mass is 9.86. The minimum atomic E-state index is -1.32. The summed E-state index contributed by atoms with van der Waals surface area (Å²) in [4.78, 5) is 59.5. The number of carbonyl (C=O) groups is 5. The van der Waals surface area contributed by atoms with Crippen LogP contribution < -0.4 is 0 Å². The third-order valence-electron chi connectivity index (χ3n) is 7.13. The predicted molar refractivity (Wildman–Crippen MR) is 162 cm³/mol. The van der Waals surface area contributed by atoms with Crippen molar-refractivity contribution in [1.82, 2.24) is 0 Å². The van der Waals surface area contributed by atoms with Crippen molar-refractivity contribution < 1.29 is 52.4 Å². The third-order valence-corrected chi connectivity index (χ3v) is 7.48. The highest BCUT2D eigenvalue weighted by Gasteiger charge is 2.53. The van der Waals surface area contributed by atoms with Gasteiger partial charge in [0, 0.05) is 32.7 Å². The predicted octanol–water partition coefficient (Wildman–Crippen LogP) is 4.05. The molecule has 1 fully saturated rings. The van der Waals surface area contributed by atoms with E-state index in [9.17, 15) is 24.0 Å². The molecule has 0 saturated carbocycles. The molecule has 11 nitrogen and oxygen atoms in total. The number of hydrogen-bond donors (Lipinski definition) is 0. The van der Waals surface area contributed by atoms with Gasteiger partial charge >= 0.3 is 23.9 Å². The number of benzene rings is 2. The summed E-state index contributed by atoms with van der Waals surface area (Å²) in [6.45, 7) is 6.51. The van der Waals surface area contributed by atoms with Crippen LogP contribution in [0.1, 0.15) is 68.5 Å². The number of hydrogen-bond acceptors (Lipinski definition) is 11. The van der Waals surface area contributed by atoms with Gasteiger partial charge in [0.1, 0.15) is 31.7 Å². The fraction of sp³-hybridized carbons (Fsp3) is 0.485. The molecule has 1 saturated heterocycles. The highest BCUT2D eigenvalue weighted by atomic mass is 35.5. The lowest BCUT2D eigenvalue weighted by Crippen LogP contribution is -2.59. The van der Waals surface area contributed by atoms with Gasteiger partial charge in [-0.2, -0.15) is 0 Å². The van der Waals surface area contributed by atoms with Crippen LogP contribution in [-0.2, 0) is 71.7 Å². The van der Waals surface area contributed by atoms with Crippen molar-refractivity contribution in [3.63, 3.8) is 0 Å². The fourth-order valence-electron chi connectivity index (χ4n) is 5.20. The summed E-state index contributed by atoms with van der Waals surface area (Å²) in [5.41, 5.74) is 4.11. The second-order valence-electron chi connectivity index (χ2n) is 10.6. The molecule has 0 unspecified atom stereocenters. The van der Waals surface area contributed by atoms with Crippen LogP contribution >= 0.6 is 11.6 Å². The van der Waals surface area contributed by atoms with E-state index in [1.165, 1.54) is 26.3 Å². The van der Waals surface area contributed by atoms with Crippen molar-refractivity contribution in [2.75, 3.05) is 19.8 Å². The molecule has 2 aromatic carbocycles. The van der Waals surface area contributed by atoms with Crippen LogP contribution in [0.2, 0.25) is 5.02 Å². The monoisotopic (exact) mass is 646 g/mol. The largest absolute Gasteiger partial charge is 0.463 e. The molecule has 0 bridgehead atoms. The molecule has 0 N–H and O–H groups in total. The average Bonchev–Trinajstić information content (AvgIpc) is 2.97. The van der Waals surface area contributed by atoms with Gasteiger partial charge in [-0.3, -0.25) is 19.2 Å². The molecule has 244 valence electrons. The maximum atomic E-state index is 12.4. The molecular formula is C33H39ClO11. The van der Waals surface area contributed by atoms with E-state index in [2.05, 4.69) is 6.92 Å². The third kappa shape index (κ3) is 10.4. The number of esters is 4. The van der Waals surface area contributed by atoms with Gasteiger partial charge in [-0.25, -0.2) is 0 Å². The Kier molecular flexibility index (Phi) is 13.5. The molecule has 5 atom stereocenters. The van der Waals surface area contributed by atoms with E-state index < -0.39 is 54.4 Å². The minimum Gasteiger partial charge on any atom is -0.463 e. The van der Waals surface area contributed by atoms with Crippen LogP contribution in [0.5, 0.6) is 0 Å². The van der Waals surface area contributed by atoms with E-state index in [0.717, 1.165) is 24.5 Å². The topological polar surface area (TPSA) is 141 Å². The molecule has 45 heavy (non-hydrogen) atoms. The Morgan fingerprint density at radius 1 is 0.822 bits per heavy atom. The number of aldehydes is 1. The molecule has 0 aliphatic carbocycles. The Morgan fingerprint density at radius 2 is 1.42 bits per heavy atom. The zero-order valence-electron chi connectivity index (χ0n) is 26.0. The van der Waals surface area contributed by atoms with Crippen LogP contribution in [0.4, 0.5) is 0 Å².